The van der Waals surface area contributed by atoms with E-state index >= 15 is 0 Å². The summed E-state index contributed by atoms with van der Waals surface area (Å²) in [5.41, 5.74) is 5.57. The van der Waals surface area contributed by atoms with Crippen molar-refractivity contribution in [1.82, 2.24) is 19.8 Å². The molecular formula is C24H26N4O2S. The summed E-state index contributed by atoms with van der Waals surface area (Å²) in [5.74, 6) is -0.257. The highest BCUT2D eigenvalue weighted by Gasteiger charge is 2.41. The number of ether oxygens (including phenoxy) is 1. The van der Waals surface area contributed by atoms with Crippen molar-refractivity contribution in [3.63, 3.8) is 0 Å². The number of hydrogen-bond acceptors (Lipinski definition) is 4. The van der Waals surface area contributed by atoms with Crippen molar-refractivity contribution < 1.29 is 9.53 Å². The number of pyridine rings is 1. The van der Waals surface area contributed by atoms with Crippen LogP contribution in [0, 0.1) is 13.8 Å². The van der Waals surface area contributed by atoms with E-state index in [2.05, 4.69) is 64.1 Å². The van der Waals surface area contributed by atoms with E-state index in [1.54, 1.807) is 6.20 Å². The number of methoxy groups -OCH3 is 1. The van der Waals surface area contributed by atoms with Gasteiger partial charge in [0.05, 0.1) is 31.3 Å². The number of thiocarbonyl (C=S) groups is 1. The van der Waals surface area contributed by atoms with Crippen LogP contribution in [0.5, 0.6) is 0 Å². The molecule has 0 spiro atoms. The lowest BCUT2D eigenvalue weighted by Crippen LogP contribution is -2.32. The molecule has 3 aromatic rings. The number of rotatable bonds is 6. The highest BCUT2D eigenvalue weighted by molar-refractivity contribution is 7.80. The number of nitrogens with one attached hydrogen (secondary N) is 1. The lowest BCUT2D eigenvalue weighted by Gasteiger charge is -2.28. The van der Waals surface area contributed by atoms with Crippen molar-refractivity contribution in [2.45, 2.75) is 32.4 Å². The van der Waals surface area contributed by atoms with E-state index in [1.807, 2.05) is 24.3 Å². The number of carbonyl (C=O) groups excluding carboxylic acids is 1. The van der Waals surface area contributed by atoms with Crippen LogP contribution >= 0.6 is 12.2 Å². The van der Waals surface area contributed by atoms with Gasteiger partial charge in [0.2, 0.25) is 0 Å². The number of esters is 1. The van der Waals surface area contributed by atoms with E-state index in [9.17, 15) is 4.79 Å². The number of aryl methyl sites for hydroxylation is 2. The second kappa shape index (κ2) is 8.89. The first-order chi connectivity index (χ1) is 15.0. The third-order valence-electron chi connectivity index (χ3n) is 5.83. The number of nitrogens with zero attached hydrogens (tertiary/aromatic N) is 3. The Hall–Kier alpha value is -3.19. The maximum atomic E-state index is 11.8. The third kappa shape index (κ3) is 4.18. The average Bonchev–Trinajstić information content (AvgIpc) is 3.38. The van der Waals surface area contributed by atoms with Crippen LogP contribution in [-0.2, 0) is 9.53 Å². The third-order valence-corrected chi connectivity index (χ3v) is 6.19. The zero-order chi connectivity index (χ0) is 22.0. The van der Waals surface area contributed by atoms with Crippen molar-refractivity contribution in [1.29, 1.82) is 0 Å². The van der Waals surface area contributed by atoms with Crippen molar-refractivity contribution in [3.8, 4) is 5.69 Å². The molecule has 0 amide bonds. The Kier molecular flexibility index (Phi) is 6.04. The van der Waals surface area contributed by atoms with Gasteiger partial charge in [0.1, 0.15) is 0 Å². The lowest BCUT2D eigenvalue weighted by atomic mass is 10.0. The Labute approximate surface area is 187 Å². The number of carbonyl (C=O) groups is 1. The van der Waals surface area contributed by atoms with Gasteiger partial charge in [-0.3, -0.25) is 9.78 Å². The minimum Gasteiger partial charge on any atom is -0.469 e. The van der Waals surface area contributed by atoms with Crippen molar-refractivity contribution in [2.24, 2.45) is 0 Å². The second-order valence-electron chi connectivity index (χ2n) is 7.72. The van der Waals surface area contributed by atoms with Gasteiger partial charge in [-0.25, -0.2) is 0 Å². The maximum Gasteiger partial charge on any atom is 0.307 e. The SMILES string of the molecule is COC(=O)CCN1C(=S)N[C@H](c2ccccn2)[C@@H]1c1cccn1-c1ccc(C)c(C)c1. The topological polar surface area (TPSA) is 59.4 Å². The molecule has 31 heavy (non-hydrogen) atoms. The predicted octanol–water partition coefficient (Wildman–Crippen LogP) is 4.02. The van der Waals surface area contributed by atoms with Crippen LogP contribution < -0.4 is 5.32 Å². The first-order valence-electron chi connectivity index (χ1n) is 10.3. The van der Waals surface area contributed by atoms with Gasteiger partial charge < -0.3 is 19.5 Å². The molecule has 0 unspecified atom stereocenters. The fourth-order valence-electron chi connectivity index (χ4n) is 4.03. The van der Waals surface area contributed by atoms with Crippen molar-refractivity contribution in [2.75, 3.05) is 13.7 Å². The van der Waals surface area contributed by atoms with Gasteiger partial charge in [0.15, 0.2) is 5.11 Å². The fourth-order valence-corrected chi connectivity index (χ4v) is 4.36. The molecule has 6 nitrogen and oxygen atoms in total. The van der Waals surface area contributed by atoms with E-state index in [1.165, 1.54) is 18.2 Å². The maximum absolute atomic E-state index is 11.8. The van der Waals surface area contributed by atoms with Gasteiger partial charge in [0.25, 0.3) is 0 Å². The Bertz CT molecular complexity index is 1100. The summed E-state index contributed by atoms with van der Waals surface area (Å²) in [6.07, 6.45) is 4.11. The first kappa shape index (κ1) is 21.1. The van der Waals surface area contributed by atoms with Gasteiger partial charge >= 0.3 is 5.97 Å². The monoisotopic (exact) mass is 434 g/mol. The largest absolute Gasteiger partial charge is 0.469 e. The van der Waals surface area contributed by atoms with Crippen LogP contribution in [0.15, 0.2) is 60.9 Å². The Morgan fingerprint density at radius 1 is 1.16 bits per heavy atom. The summed E-state index contributed by atoms with van der Waals surface area (Å²) in [6.45, 7) is 4.69. The lowest BCUT2D eigenvalue weighted by molar-refractivity contribution is -0.140. The molecule has 1 aliphatic rings. The highest BCUT2D eigenvalue weighted by atomic mass is 32.1. The van der Waals surface area contributed by atoms with Crippen LogP contribution in [0.25, 0.3) is 5.69 Å². The Morgan fingerprint density at radius 2 is 2.00 bits per heavy atom. The van der Waals surface area contributed by atoms with E-state index < -0.39 is 0 Å². The highest BCUT2D eigenvalue weighted by Crippen LogP contribution is 2.39. The first-order valence-corrected chi connectivity index (χ1v) is 10.7. The van der Waals surface area contributed by atoms with E-state index in [-0.39, 0.29) is 24.5 Å². The molecule has 1 fully saturated rings. The van der Waals surface area contributed by atoms with Crippen LogP contribution in [0.3, 0.4) is 0 Å². The van der Waals surface area contributed by atoms with E-state index in [0.29, 0.717) is 11.7 Å². The molecule has 2 atom stereocenters. The van der Waals surface area contributed by atoms with Gasteiger partial charge in [-0.2, -0.15) is 0 Å². The molecular weight excluding hydrogens is 408 g/mol. The minimum atomic E-state index is -0.257. The summed E-state index contributed by atoms with van der Waals surface area (Å²) < 4.78 is 7.04. The summed E-state index contributed by atoms with van der Waals surface area (Å²) in [6, 6.07) is 16.2. The standard InChI is InChI=1S/C24H26N4O2S/c1-16-9-10-18(15-17(16)2)27-13-6-8-20(27)23-22(19-7-4-5-12-25-19)26-24(31)28(23)14-11-21(29)30-3/h4-10,12-13,15,22-23H,11,14H2,1-3H3,(H,26,31)/t22-,23+/m1/s1. The van der Waals surface area contributed by atoms with Gasteiger partial charge in [-0.05, 0) is 73.6 Å². The summed E-state index contributed by atoms with van der Waals surface area (Å²) in [5, 5.41) is 4.04. The number of aromatic nitrogens is 2. The zero-order valence-electron chi connectivity index (χ0n) is 17.9. The summed E-state index contributed by atoms with van der Waals surface area (Å²) in [7, 11) is 1.40. The van der Waals surface area contributed by atoms with Crippen LogP contribution in [-0.4, -0.2) is 39.2 Å². The molecule has 4 rings (SSSR count). The average molecular weight is 435 g/mol. The summed E-state index contributed by atoms with van der Waals surface area (Å²) in [4.78, 5) is 18.5. The van der Waals surface area contributed by atoms with Crippen LogP contribution in [0.2, 0.25) is 0 Å². The van der Waals surface area contributed by atoms with Crippen LogP contribution in [0.1, 0.15) is 41.0 Å². The minimum absolute atomic E-state index is 0.122. The number of hydrogen-bond donors (Lipinski definition) is 1. The molecule has 7 heteroatoms. The van der Waals surface area contributed by atoms with Gasteiger partial charge in [-0.1, -0.05) is 12.1 Å². The molecule has 1 aromatic carbocycles. The van der Waals surface area contributed by atoms with Crippen LogP contribution in [0.4, 0.5) is 0 Å². The molecule has 0 aliphatic carbocycles. The Balaban J connectivity index is 1.77. The number of benzene rings is 1. The quantitative estimate of drug-likeness (QED) is 0.467. The van der Waals surface area contributed by atoms with E-state index in [4.69, 9.17) is 17.0 Å². The molecule has 0 bridgehead atoms. The molecule has 1 N–H and O–H groups in total. The molecule has 1 aliphatic heterocycles. The van der Waals surface area contributed by atoms with Gasteiger partial charge in [0, 0.05) is 30.3 Å². The second-order valence-corrected chi connectivity index (χ2v) is 8.10. The molecule has 3 heterocycles. The fraction of sp³-hybridized carbons (Fsp3) is 0.292. The Morgan fingerprint density at radius 3 is 2.71 bits per heavy atom. The molecule has 160 valence electrons. The molecule has 0 saturated carbocycles. The predicted molar refractivity (Wildman–Crippen MR) is 124 cm³/mol. The smallest absolute Gasteiger partial charge is 0.307 e. The molecule has 0 radical (unpaired) electrons. The van der Waals surface area contributed by atoms with Gasteiger partial charge in [-0.15, -0.1) is 0 Å². The van der Waals surface area contributed by atoms with Crippen molar-refractivity contribution in [3.05, 3.63) is 83.4 Å². The van der Waals surface area contributed by atoms with E-state index in [0.717, 1.165) is 17.1 Å². The molecule has 2 aromatic heterocycles. The van der Waals surface area contributed by atoms with Crippen molar-refractivity contribution >= 4 is 23.3 Å². The molecule has 1 saturated heterocycles. The zero-order valence-corrected chi connectivity index (χ0v) is 18.7. The summed E-state index contributed by atoms with van der Waals surface area (Å²) >= 11 is 5.68. The normalized spacial score (nSPS) is 18.2.